The van der Waals surface area contributed by atoms with Crippen LogP contribution in [-0.2, 0) is 0 Å². The Morgan fingerprint density at radius 3 is 2.31 bits per heavy atom. The van der Waals surface area contributed by atoms with Crippen LogP contribution < -0.4 is 0 Å². The number of hydrogen-bond acceptors (Lipinski definition) is 1. The van der Waals surface area contributed by atoms with Gasteiger partial charge in [0.05, 0.1) is 10.0 Å². The van der Waals surface area contributed by atoms with Gasteiger partial charge in [0.15, 0.2) is 5.75 Å². The highest BCUT2D eigenvalue weighted by Gasteiger charge is 2.16. The molecule has 0 aliphatic heterocycles. The Morgan fingerprint density at radius 1 is 1.06 bits per heavy atom. The van der Waals surface area contributed by atoms with Crippen molar-refractivity contribution in [2.75, 3.05) is 0 Å². The molecular weight excluding hydrogens is 250 g/mol. The average Bonchev–Trinajstić information content (AvgIpc) is 2.28. The van der Waals surface area contributed by atoms with E-state index in [1.54, 1.807) is 24.3 Å². The van der Waals surface area contributed by atoms with E-state index in [1.165, 1.54) is 0 Å². The van der Waals surface area contributed by atoms with Crippen molar-refractivity contribution >= 4 is 23.2 Å². The maximum Gasteiger partial charge on any atom is 0.153 e. The number of phenols is 1. The summed E-state index contributed by atoms with van der Waals surface area (Å²) in [4.78, 5) is 0. The topological polar surface area (TPSA) is 20.2 Å². The second-order valence-corrected chi connectivity index (χ2v) is 4.03. The van der Waals surface area contributed by atoms with E-state index < -0.39 is 5.82 Å². The zero-order valence-corrected chi connectivity index (χ0v) is 9.56. The van der Waals surface area contributed by atoms with Crippen molar-refractivity contribution < 1.29 is 9.50 Å². The molecule has 2 aromatic carbocycles. The largest absolute Gasteiger partial charge is 0.505 e. The van der Waals surface area contributed by atoms with Crippen molar-refractivity contribution in [3.63, 3.8) is 0 Å². The molecule has 0 bridgehead atoms. The molecule has 1 N–H and O–H groups in total. The summed E-state index contributed by atoms with van der Waals surface area (Å²) < 4.78 is 13.7. The SMILES string of the molecule is Oc1c(Cl)cc(F)c(-c2ccccc2)c1Cl. The third kappa shape index (κ3) is 1.86. The molecule has 0 aliphatic rings. The lowest BCUT2D eigenvalue weighted by Gasteiger charge is -2.09. The number of halogens is 3. The lowest BCUT2D eigenvalue weighted by atomic mass is 10.0. The quantitative estimate of drug-likeness (QED) is 0.797. The van der Waals surface area contributed by atoms with Gasteiger partial charge >= 0.3 is 0 Å². The van der Waals surface area contributed by atoms with E-state index in [9.17, 15) is 9.50 Å². The molecule has 4 heteroatoms. The van der Waals surface area contributed by atoms with Gasteiger partial charge in [0.25, 0.3) is 0 Å². The van der Waals surface area contributed by atoms with Gasteiger partial charge in [0.2, 0.25) is 0 Å². The molecular formula is C12H7Cl2FO. The highest BCUT2D eigenvalue weighted by atomic mass is 35.5. The van der Waals surface area contributed by atoms with Crippen LogP contribution in [0.15, 0.2) is 36.4 Å². The van der Waals surface area contributed by atoms with E-state index in [0.29, 0.717) is 5.56 Å². The minimum atomic E-state index is -0.556. The summed E-state index contributed by atoms with van der Waals surface area (Å²) in [6, 6.07) is 9.79. The lowest BCUT2D eigenvalue weighted by molar-refractivity contribution is 0.474. The fraction of sp³-hybridized carbons (Fsp3) is 0. The molecule has 0 atom stereocenters. The smallest absolute Gasteiger partial charge is 0.153 e. The molecule has 0 amide bonds. The van der Waals surface area contributed by atoms with Gasteiger partial charge in [-0.15, -0.1) is 0 Å². The molecule has 0 aliphatic carbocycles. The zero-order chi connectivity index (χ0) is 11.7. The van der Waals surface area contributed by atoms with Crippen molar-refractivity contribution in [3.05, 3.63) is 52.3 Å². The number of aromatic hydroxyl groups is 1. The summed E-state index contributed by atoms with van der Waals surface area (Å²) in [7, 11) is 0. The second kappa shape index (κ2) is 4.32. The number of benzene rings is 2. The minimum Gasteiger partial charge on any atom is -0.505 e. The van der Waals surface area contributed by atoms with Crippen LogP contribution in [0.3, 0.4) is 0 Å². The summed E-state index contributed by atoms with van der Waals surface area (Å²) in [5, 5.41) is 9.37. The van der Waals surface area contributed by atoms with E-state index in [4.69, 9.17) is 23.2 Å². The summed E-state index contributed by atoms with van der Waals surface area (Å²) in [5.74, 6) is -0.859. The minimum absolute atomic E-state index is 0.0730. The molecule has 0 unspecified atom stereocenters. The Kier molecular flexibility index (Phi) is 3.03. The predicted octanol–water partition coefficient (Wildman–Crippen LogP) is 4.51. The summed E-state index contributed by atoms with van der Waals surface area (Å²) in [6.07, 6.45) is 0. The normalized spacial score (nSPS) is 10.4. The monoisotopic (exact) mass is 256 g/mol. The van der Waals surface area contributed by atoms with Gasteiger partial charge in [-0.25, -0.2) is 4.39 Å². The molecule has 0 aromatic heterocycles. The molecule has 16 heavy (non-hydrogen) atoms. The molecule has 0 spiro atoms. The zero-order valence-electron chi connectivity index (χ0n) is 8.05. The molecule has 0 saturated heterocycles. The van der Waals surface area contributed by atoms with Gasteiger partial charge < -0.3 is 5.11 Å². The maximum absolute atomic E-state index is 13.7. The molecule has 0 heterocycles. The first kappa shape index (κ1) is 11.2. The number of rotatable bonds is 1. The van der Waals surface area contributed by atoms with Crippen LogP contribution in [0, 0.1) is 5.82 Å². The first-order valence-corrected chi connectivity index (χ1v) is 5.28. The van der Waals surface area contributed by atoms with Crippen LogP contribution in [0.25, 0.3) is 11.1 Å². The van der Waals surface area contributed by atoms with Crippen LogP contribution in [-0.4, -0.2) is 5.11 Å². The highest BCUT2D eigenvalue weighted by Crippen LogP contribution is 2.41. The maximum atomic E-state index is 13.7. The first-order valence-electron chi connectivity index (χ1n) is 4.53. The Bertz CT molecular complexity index is 526. The standard InChI is InChI=1S/C12H7Cl2FO/c13-8-6-9(15)10(11(14)12(8)16)7-4-2-1-3-5-7/h1-6,16H. The summed E-state index contributed by atoms with van der Waals surface area (Å²) in [5.41, 5.74) is 0.751. The third-order valence-electron chi connectivity index (χ3n) is 2.21. The fourth-order valence-corrected chi connectivity index (χ4v) is 1.99. The molecule has 0 saturated carbocycles. The van der Waals surface area contributed by atoms with Crippen molar-refractivity contribution in [1.82, 2.24) is 0 Å². The fourth-order valence-electron chi connectivity index (χ4n) is 1.45. The van der Waals surface area contributed by atoms with Crippen LogP contribution >= 0.6 is 23.2 Å². The lowest BCUT2D eigenvalue weighted by Crippen LogP contribution is -1.87. The summed E-state index contributed by atoms with van der Waals surface area (Å²) in [6.45, 7) is 0. The van der Waals surface area contributed by atoms with E-state index >= 15 is 0 Å². The Hall–Kier alpha value is -1.25. The summed E-state index contributed by atoms with van der Waals surface area (Å²) >= 11 is 11.5. The van der Waals surface area contributed by atoms with Gasteiger partial charge in [0.1, 0.15) is 5.82 Å². The molecule has 1 nitrogen and oxygen atoms in total. The van der Waals surface area contributed by atoms with Crippen molar-refractivity contribution in [2.45, 2.75) is 0 Å². The van der Waals surface area contributed by atoms with Crippen molar-refractivity contribution in [2.24, 2.45) is 0 Å². The number of hydrogen-bond donors (Lipinski definition) is 1. The van der Waals surface area contributed by atoms with E-state index in [0.717, 1.165) is 6.07 Å². The van der Waals surface area contributed by atoms with Crippen LogP contribution in [0.5, 0.6) is 5.75 Å². The van der Waals surface area contributed by atoms with Crippen molar-refractivity contribution in [1.29, 1.82) is 0 Å². The first-order chi connectivity index (χ1) is 7.61. The van der Waals surface area contributed by atoms with Crippen LogP contribution in [0.1, 0.15) is 0 Å². The Labute approximate surface area is 102 Å². The average molecular weight is 257 g/mol. The van der Waals surface area contributed by atoms with E-state index in [1.807, 2.05) is 6.07 Å². The van der Waals surface area contributed by atoms with E-state index in [-0.39, 0.29) is 21.4 Å². The number of phenolic OH excluding ortho intramolecular Hbond substituents is 1. The highest BCUT2D eigenvalue weighted by molar-refractivity contribution is 6.38. The molecule has 2 aromatic rings. The molecule has 0 fully saturated rings. The van der Waals surface area contributed by atoms with E-state index in [2.05, 4.69) is 0 Å². The van der Waals surface area contributed by atoms with Gasteiger partial charge in [-0.1, -0.05) is 53.5 Å². The van der Waals surface area contributed by atoms with Crippen LogP contribution in [0.4, 0.5) is 4.39 Å². The second-order valence-electron chi connectivity index (χ2n) is 3.24. The molecule has 82 valence electrons. The predicted molar refractivity (Wildman–Crippen MR) is 63.5 cm³/mol. The molecule has 2 rings (SSSR count). The molecule has 0 radical (unpaired) electrons. The van der Waals surface area contributed by atoms with Gasteiger partial charge in [-0.2, -0.15) is 0 Å². The van der Waals surface area contributed by atoms with Crippen molar-refractivity contribution in [3.8, 4) is 16.9 Å². The van der Waals surface area contributed by atoms with Crippen LogP contribution in [0.2, 0.25) is 10.0 Å². The van der Waals surface area contributed by atoms with Gasteiger partial charge in [-0.3, -0.25) is 0 Å². The third-order valence-corrected chi connectivity index (χ3v) is 2.86. The Balaban J connectivity index is 2.71. The van der Waals surface area contributed by atoms with Gasteiger partial charge in [0, 0.05) is 5.56 Å². The van der Waals surface area contributed by atoms with Gasteiger partial charge in [-0.05, 0) is 11.6 Å². The Morgan fingerprint density at radius 2 is 1.69 bits per heavy atom.